The first-order chi connectivity index (χ1) is 9.55. The van der Waals surface area contributed by atoms with Gasteiger partial charge in [-0.05, 0) is 41.5 Å². The van der Waals surface area contributed by atoms with Gasteiger partial charge in [0.25, 0.3) is 0 Å². The summed E-state index contributed by atoms with van der Waals surface area (Å²) < 4.78 is 5.41. The number of piperidine rings is 1. The zero-order valence-corrected chi connectivity index (χ0v) is 14.5. The van der Waals surface area contributed by atoms with E-state index in [4.69, 9.17) is 4.74 Å². The first-order valence-electron chi connectivity index (χ1n) is 7.81. The van der Waals surface area contributed by atoms with Gasteiger partial charge in [-0.1, -0.05) is 0 Å². The summed E-state index contributed by atoms with van der Waals surface area (Å²) in [6.45, 7) is 15.0. The molecule has 1 heterocycles. The van der Waals surface area contributed by atoms with Crippen LogP contribution in [-0.4, -0.2) is 52.1 Å². The number of likely N-dealkylation sites (tertiary alicyclic amines) is 1. The number of carbonyl (C=O) groups is 2. The van der Waals surface area contributed by atoms with Crippen molar-refractivity contribution in [2.45, 2.75) is 78.5 Å². The van der Waals surface area contributed by atoms with Crippen LogP contribution in [0.2, 0.25) is 0 Å². The molecule has 1 aliphatic rings. The molecular formula is C16H30N2O3. The second-order valence-electron chi connectivity index (χ2n) is 7.05. The van der Waals surface area contributed by atoms with Gasteiger partial charge < -0.3 is 14.5 Å². The van der Waals surface area contributed by atoms with Gasteiger partial charge in [0.2, 0.25) is 0 Å². The van der Waals surface area contributed by atoms with Crippen molar-refractivity contribution in [1.82, 2.24) is 9.80 Å². The van der Waals surface area contributed by atoms with Crippen molar-refractivity contribution in [3.05, 3.63) is 0 Å². The smallest absolute Gasteiger partial charge is 0.320 e. The topological polar surface area (TPSA) is 49.9 Å². The Labute approximate surface area is 128 Å². The summed E-state index contributed by atoms with van der Waals surface area (Å²) in [7, 11) is 0. The van der Waals surface area contributed by atoms with Crippen LogP contribution in [0.1, 0.15) is 61.3 Å². The number of hydrogen-bond donors (Lipinski definition) is 0. The van der Waals surface area contributed by atoms with Crippen molar-refractivity contribution in [2.24, 2.45) is 0 Å². The van der Waals surface area contributed by atoms with Crippen LogP contribution >= 0.6 is 0 Å². The number of esters is 1. The van der Waals surface area contributed by atoms with E-state index in [1.807, 2.05) is 51.3 Å². The number of ether oxygens (including phenoxy) is 1. The zero-order valence-electron chi connectivity index (χ0n) is 14.5. The molecule has 5 nitrogen and oxygen atoms in total. The van der Waals surface area contributed by atoms with Crippen LogP contribution in [-0.2, 0) is 9.53 Å². The maximum Gasteiger partial charge on any atom is 0.320 e. The highest BCUT2D eigenvalue weighted by Gasteiger charge is 2.49. The number of rotatable bonds is 3. The maximum absolute atomic E-state index is 12.9. The molecular weight excluding hydrogens is 268 g/mol. The zero-order chi connectivity index (χ0) is 16.4. The van der Waals surface area contributed by atoms with E-state index in [-0.39, 0.29) is 29.2 Å². The predicted molar refractivity (Wildman–Crippen MR) is 83.1 cm³/mol. The fraction of sp³-hybridized carbons (Fsp3) is 0.875. The molecule has 21 heavy (non-hydrogen) atoms. The Kier molecular flexibility index (Phi) is 5.29. The van der Waals surface area contributed by atoms with Crippen molar-refractivity contribution >= 4 is 12.0 Å². The summed E-state index contributed by atoms with van der Waals surface area (Å²) >= 11 is 0. The molecule has 0 aromatic carbocycles. The summed E-state index contributed by atoms with van der Waals surface area (Å²) in [6, 6.07) is 0.0660. The highest BCUT2D eigenvalue weighted by Crippen LogP contribution is 2.40. The molecule has 0 saturated carbocycles. The molecule has 122 valence electrons. The van der Waals surface area contributed by atoms with Crippen molar-refractivity contribution in [1.29, 1.82) is 0 Å². The minimum absolute atomic E-state index is 0.0660. The Bertz CT molecular complexity index is 382. The second-order valence-corrected chi connectivity index (χ2v) is 7.05. The summed E-state index contributed by atoms with van der Waals surface area (Å²) in [5.74, 6) is -0.255. The number of amides is 2. The lowest BCUT2D eigenvalue weighted by Gasteiger charge is -2.55. The molecule has 1 fully saturated rings. The third kappa shape index (κ3) is 3.89. The molecule has 5 heteroatoms. The van der Waals surface area contributed by atoms with E-state index in [1.165, 1.54) is 6.92 Å². The normalized spacial score (nSPS) is 21.0. The van der Waals surface area contributed by atoms with Crippen LogP contribution in [0.5, 0.6) is 0 Å². The maximum atomic E-state index is 12.9. The van der Waals surface area contributed by atoms with E-state index in [2.05, 4.69) is 0 Å². The molecule has 0 spiro atoms. The summed E-state index contributed by atoms with van der Waals surface area (Å²) in [6.07, 6.45) is 1.21. The molecule has 0 aromatic rings. The lowest BCUT2D eigenvalue weighted by atomic mass is 9.78. The summed E-state index contributed by atoms with van der Waals surface area (Å²) in [5, 5.41) is 0. The van der Waals surface area contributed by atoms with Gasteiger partial charge in [0.15, 0.2) is 0 Å². The molecule has 1 saturated heterocycles. The number of carbonyl (C=O) groups excluding carboxylic acids is 2. The van der Waals surface area contributed by atoms with Crippen molar-refractivity contribution in [2.75, 3.05) is 13.1 Å². The molecule has 0 unspecified atom stereocenters. The van der Waals surface area contributed by atoms with Crippen LogP contribution < -0.4 is 0 Å². The van der Waals surface area contributed by atoms with E-state index >= 15 is 0 Å². The van der Waals surface area contributed by atoms with Gasteiger partial charge in [0.1, 0.15) is 6.10 Å². The molecule has 2 amide bonds. The summed E-state index contributed by atoms with van der Waals surface area (Å²) in [4.78, 5) is 27.9. The minimum atomic E-state index is -0.346. The van der Waals surface area contributed by atoms with Crippen LogP contribution in [0, 0.1) is 0 Å². The van der Waals surface area contributed by atoms with Gasteiger partial charge in [-0.2, -0.15) is 0 Å². The van der Waals surface area contributed by atoms with Gasteiger partial charge in [-0.15, -0.1) is 0 Å². The largest absolute Gasteiger partial charge is 0.462 e. The first-order valence-corrected chi connectivity index (χ1v) is 7.81. The second kappa shape index (κ2) is 6.24. The van der Waals surface area contributed by atoms with E-state index < -0.39 is 0 Å². The van der Waals surface area contributed by atoms with Crippen molar-refractivity contribution < 1.29 is 14.3 Å². The molecule has 0 atom stereocenters. The highest BCUT2D eigenvalue weighted by atomic mass is 16.5. The van der Waals surface area contributed by atoms with Crippen LogP contribution in [0.25, 0.3) is 0 Å². The lowest BCUT2D eigenvalue weighted by Crippen LogP contribution is -2.66. The van der Waals surface area contributed by atoms with Gasteiger partial charge >= 0.3 is 12.0 Å². The van der Waals surface area contributed by atoms with E-state index in [9.17, 15) is 9.59 Å². The van der Waals surface area contributed by atoms with Crippen molar-refractivity contribution in [3.8, 4) is 0 Å². The standard InChI is InChI=1S/C16H30N2O3/c1-8-17(9-2)14(20)18-15(4,5)10-13(21-12(3)19)11-16(18,6)7/h13H,8-11H2,1-7H3. The van der Waals surface area contributed by atoms with Crippen LogP contribution in [0.15, 0.2) is 0 Å². The van der Waals surface area contributed by atoms with Gasteiger partial charge in [0, 0.05) is 43.9 Å². The van der Waals surface area contributed by atoms with Gasteiger partial charge in [0.05, 0.1) is 0 Å². The average Bonchev–Trinajstić information content (AvgIpc) is 2.25. The molecule has 0 aromatic heterocycles. The highest BCUT2D eigenvalue weighted by molar-refractivity contribution is 5.76. The van der Waals surface area contributed by atoms with Gasteiger partial charge in [-0.25, -0.2) is 4.79 Å². The minimum Gasteiger partial charge on any atom is -0.462 e. The molecule has 0 aliphatic carbocycles. The third-order valence-corrected chi connectivity index (χ3v) is 4.22. The van der Waals surface area contributed by atoms with E-state index in [0.717, 1.165) is 0 Å². The molecule has 1 aliphatic heterocycles. The molecule has 0 N–H and O–H groups in total. The van der Waals surface area contributed by atoms with E-state index in [1.54, 1.807) is 0 Å². The van der Waals surface area contributed by atoms with Crippen LogP contribution in [0.4, 0.5) is 4.79 Å². The van der Waals surface area contributed by atoms with Crippen LogP contribution in [0.3, 0.4) is 0 Å². The molecule has 1 rings (SSSR count). The Morgan fingerprint density at radius 3 is 1.86 bits per heavy atom. The Morgan fingerprint density at radius 2 is 1.52 bits per heavy atom. The van der Waals surface area contributed by atoms with Crippen molar-refractivity contribution in [3.63, 3.8) is 0 Å². The van der Waals surface area contributed by atoms with Gasteiger partial charge in [-0.3, -0.25) is 4.79 Å². The quantitative estimate of drug-likeness (QED) is 0.753. The molecule has 0 radical (unpaired) electrons. The Morgan fingerprint density at radius 1 is 1.10 bits per heavy atom. The fourth-order valence-corrected chi connectivity index (χ4v) is 3.66. The van der Waals surface area contributed by atoms with E-state index in [0.29, 0.717) is 25.9 Å². The fourth-order valence-electron chi connectivity index (χ4n) is 3.66. The molecule has 0 bridgehead atoms. The summed E-state index contributed by atoms with van der Waals surface area (Å²) in [5.41, 5.74) is -0.691. The lowest BCUT2D eigenvalue weighted by molar-refractivity contribution is -0.154. The number of hydrogen-bond acceptors (Lipinski definition) is 3. The SMILES string of the molecule is CCN(CC)C(=O)N1C(C)(C)CC(OC(C)=O)CC1(C)C. The predicted octanol–water partition coefficient (Wildman–Crippen LogP) is 3.03. The average molecular weight is 298 g/mol. The monoisotopic (exact) mass is 298 g/mol. The first kappa shape index (κ1) is 17.8. The number of urea groups is 1. The Balaban J connectivity index is 3.04. The third-order valence-electron chi connectivity index (χ3n) is 4.22. The Hall–Kier alpha value is -1.26. The number of nitrogens with zero attached hydrogens (tertiary/aromatic N) is 2.